The fourth-order valence-corrected chi connectivity index (χ4v) is 4.63. The molecule has 0 heterocycles. The van der Waals surface area contributed by atoms with Crippen LogP contribution >= 0.6 is 0 Å². The standard InChI is InChI=1S/C10H22OSi/c1-5-6-9(11)8-7-10(8)12(2,3)4/h8-11H,5-7H2,1-4H3/t8-,9-,10+/m1/s1. The molecular formula is C10H22OSi. The maximum Gasteiger partial charge on any atom is 0.0568 e. The second kappa shape index (κ2) is 3.50. The van der Waals surface area contributed by atoms with Gasteiger partial charge in [0.25, 0.3) is 0 Å². The first-order valence-corrected chi connectivity index (χ1v) is 8.72. The third kappa shape index (κ3) is 2.33. The minimum Gasteiger partial charge on any atom is -0.393 e. The van der Waals surface area contributed by atoms with Gasteiger partial charge in [-0.25, -0.2) is 0 Å². The Bertz CT molecular complexity index is 150. The van der Waals surface area contributed by atoms with E-state index >= 15 is 0 Å². The summed E-state index contributed by atoms with van der Waals surface area (Å²) >= 11 is 0. The second-order valence-electron chi connectivity index (χ2n) is 5.23. The van der Waals surface area contributed by atoms with Gasteiger partial charge in [0, 0.05) is 8.07 Å². The normalized spacial score (nSPS) is 31.8. The molecule has 1 N–H and O–H groups in total. The molecule has 0 aromatic rings. The van der Waals surface area contributed by atoms with Gasteiger partial charge in [0.2, 0.25) is 0 Å². The van der Waals surface area contributed by atoms with Gasteiger partial charge in [0.15, 0.2) is 0 Å². The molecule has 0 amide bonds. The Morgan fingerprint density at radius 1 is 1.42 bits per heavy atom. The van der Waals surface area contributed by atoms with Crippen molar-refractivity contribution in [2.45, 2.75) is 57.5 Å². The van der Waals surface area contributed by atoms with Gasteiger partial charge >= 0.3 is 0 Å². The van der Waals surface area contributed by atoms with Crippen molar-refractivity contribution >= 4 is 8.07 Å². The summed E-state index contributed by atoms with van der Waals surface area (Å²) in [6.45, 7) is 9.39. The lowest BCUT2D eigenvalue weighted by Gasteiger charge is -2.17. The lowest BCUT2D eigenvalue weighted by Crippen LogP contribution is -2.23. The van der Waals surface area contributed by atoms with Gasteiger partial charge < -0.3 is 5.11 Å². The van der Waals surface area contributed by atoms with Crippen LogP contribution < -0.4 is 0 Å². The van der Waals surface area contributed by atoms with E-state index in [0.717, 1.165) is 18.4 Å². The van der Waals surface area contributed by atoms with Crippen molar-refractivity contribution in [2.75, 3.05) is 0 Å². The summed E-state index contributed by atoms with van der Waals surface area (Å²) in [5.74, 6) is 0.664. The Kier molecular flexibility index (Phi) is 3.00. The summed E-state index contributed by atoms with van der Waals surface area (Å²) in [7, 11) is -0.938. The van der Waals surface area contributed by atoms with Crippen LogP contribution in [0.2, 0.25) is 25.2 Å². The molecule has 0 unspecified atom stereocenters. The van der Waals surface area contributed by atoms with Crippen molar-refractivity contribution in [2.24, 2.45) is 5.92 Å². The van der Waals surface area contributed by atoms with Crippen LogP contribution in [0.1, 0.15) is 26.2 Å². The first kappa shape index (κ1) is 10.3. The smallest absolute Gasteiger partial charge is 0.0568 e. The zero-order valence-electron chi connectivity index (χ0n) is 8.80. The van der Waals surface area contributed by atoms with Crippen LogP contribution in [0.15, 0.2) is 0 Å². The highest BCUT2D eigenvalue weighted by Crippen LogP contribution is 2.54. The van der Waals surface area contributed by atoms with Crippen LogP contribution in [0.25, 0.3) is 0 Å². The molecule has 3 atom stereocenters. The summed E-state index contributed by atoms with van der Waals surface area (Å²) in [6, 6.07) is 0. The van der Waals surface area contributed by atoms with Crippen molar-refractivity contribution < 1.29 is 5.11 Å². The molecule has 0 aliphatic heterocycles. The zero-order valence-corrected chi connectivity index (χ0v) is 9.80. The van der Waals surface area contributed by atoms with Crippen LogP contribution in [0.4, 0.5) is 0 Å². The summed E-state index contributed by atoms with van der Waals surface area (Å²) < 4.78 is 0. The van der Waals surface area contributed by atoms with Crippen LogP contribution in [0.5, 0.6) is 0 Å². The number of rotatable bonds is 4. The second-order valence-corrected chi connectivity index (χ2v) is 10.7. The van der Waals surface area contributed by atoms with Gasteiger partial charge in [0.05, 0.1) is 6.10 Å². The maximum absolute atomic E-state index is 9.74. The summed E-state index contributed by atoms with van der Waals surface area (Å²) in [4.78, 5) is 0. The Labute approximate surface area is 77.2 Å². The molecule has 0 aromatic heterocycles. The first-order chi connectivity index (χ1) is 5.46. The lowest BCUT2D eigenvalue weighted by molar-refractivity contribution is 0.140. The molecule has 1 aliphatic carbocycles. The van der Waals surface area contributed by atoms with Gasteiger partial charge in [-0.15, -0.1) is 0 Å². The molecule has 1 fully saturated rings. The van der Waals surface area contributed by atoms with Crippen molar-refractivity contribution in [3.63, 3.8) is 0 Å². The Morgan fingerprint density at radius 2 is 2.00 bits per heavy atom. The predicted octanol–water partition coefficient (Wildman–Crippen LogP) is 2.88. The van der Waals surface area contributed by atoms with Gasteiger partial charge in [-0.05, 0) is 24.3 Å². The lowest BCUT2D eigenvalue weighted by atomic mass is 10.1. The minimum absolute atomic E-state index is 0.00623. The van der Waals surface area contributed by atoms with Crippen LogP contribution in [0.3, 0.4) is 0 Å². The summed E-state index contributed by atoms with van der Waals surface area (Å²) in [5.41, 5.74) is 0.902. The monoisotopic (exact) mass is 186 g/mol. The number of hydrogen-bond acceptors (Lipinski definition) is 1. The molecule has 0 radical (unpaired) electrons. The Hall–Kier alpha value is 0.177. The van der Waals surface area contributed by atoms with E-state index in [1.54, 1.807) is 0 Å². The van der Waals surface area contributed by atoms with Gasteiger partial charge in [0.1, 0.15) is 0 Å². The third-order valence-corrected chi connectivity index (χ3v) is 5.92. The molecular weight excluding hydrogens is 164 g/mol. The van der Waals surface area contributed by atoms with Crippen LogP contribution in [-0.4, -0.2) is 19.3 Å². The van der Waals surface area contributed by atoms with Crippen molar-refractivity contribution in [1.29, 1.82) is 0 Å². The molecule has 0 spiro atoms. The summed E-state index contributed by atoms with van der Waals surface area (Å²) in [5, 5.41) is 9.74. The molecule has 0 saturated heterocycles. The van der Waals surface area contributed by atoms with E-state index in [1.165, 1.54) is 6.42 Å². The largest absolute Gasteiger partial charge is 0.393 e. The van der Waals surface area contributed by atoms with E-state index in [2.05, 4.69) is 26.6 Å². The minimum atomic E-state index is -0.938. The average molecular weight is 186 g/mol. The van der Waals surface area contributed by atoms with E-state index in [-0.39, 0.29) is 6.10 Å². The average Bonchev–Trinajstić information content (AvgIpc) is 2.62. The van der Waals surface area contributed by atoms with Crippen LogP contribution in [0, 0.1) is 5.92 Å². The fraction of sp³-hybridized carbons (Fsp3) is 1.00. The number of hydrogen-bond donors (Lipinski definition) is 1. The van der Waals surface area contributed by atoms with Crippen molar-refractivity contribution in [3.8, 4) is 0 Å². The molecule has 1 rings (SSSR count). The van der Waals surface area contributed by atoms with E-state index < -0.39 is 8.07 Å². The quantitative estimate of drug-likeness (QED) is 0.669. The highest BCUT2D eigenvalue weighted by atomic mass is 28.3. The van der Waals surface area contributed by atoms with Gasteiger partial charge in [-0.1, -0.05) is 33.0 Å². The van der Waals surface area contributed by atoms with Crippen LogP contribution in [-0.2, 0) is 0 Å². The van der Waals surface area contributed by atoms with E-state index in [0.29, 0.717) is 5.92 Å². The molecule has 1 saturated carbocycles. The molecule has 1 aliphatic rings. The Balaban J connectivity index is 2.32. The van der Waals surface area contributed by atoms with Crippen molar-refractivity contribution in [3.05, 3.63) is 0 Å². The van der Waals surface area contributed by atoms with E-state index in [4.69, 9.17) is 0 Å². The molecule has 1 nitrogen and oxygen atoms in total. The predicted molar refractivity (Wildman–Crippen MR) is 56.1 cm³/mol. The highest BCUT2D eigenvalue weighted by molar-refractivity contribution is 6.78. The zero-order chi connectivity index (χ0) is 9.35. The number of aliphatic hydroxyl groups excluding tert-OH is 1. The van der Waals surface area contributed by atoms with Crippen molar-refractivity contribution in [1.82, 2.24) is 0 Å². The van der Waals surface area contributed by atoms with Gasteiger partial charge in [-0.3, -0.25) is 0 Å². The molecule has 12 heavy (non-hydrogen) atoms. The highest BCUT2D eigenvalue weighted by Gasteiger charge is 2.48. The van der Waals surface area contributed by atoms with E-state index in [1.807, 2.05) is 0 Å². The maximum atomic E-state index is 9.74. The first-order valence-electron chi connectivity index (χ1n) is 5.15. The van der Waals surface area contributed by atoms with E-state index in [9.17, 15) is 5.11 Å². The SMILES string of the molecule is CCC[C@@H](O)[C@H]1C[C@@H]1[Si](C)(C)C. The molecule has 0 bridgehead atoms. The fourth-order valence-electron chi connectivity index (χ4n) is 2.15. The molecule has 72 valence electrons. The number of aliphatic hydroxyl groups is 1. The summed E-state index contributed by atoms with van der Waals surface area (Å²) in [6.07, 6.45) is 3.44. The molecule has 0 aromatic carbocycles. The Morgan fingerprint density at radius 3 is 2.33 bits per heavy atom. The topological polar surface area (TPSA) is 20.2 Å². The van der Waals surface area contributed by atoms with Gasteiger partial charge in [-0.2, -0.15) is 0 Å². The molecule has 2 heteroatoms. The third-order valence-electron chi connectivity index (χ3n) is 3.03.